The summed E-state index contributed by atoms with van der Waals surface area (Å²) in [6.45, 7) is 2.85. The lowest BCUT2D eigenvalue weighted by Crippen LogP contribution is -2.00. The summed E-state index contributed by atoms with van der Waals surface area (Å²) in [7, 11) is 1.73. The number of methoxy groups -OCH3 is 1. The van der Waals surface area contributed by atoms with Gasteiger partial charge in [-0.25, -0.2) is 0 Å². The highest BCUT2D eigenvalue weighted by molar-refractivity contribution is 7.99. The molecule has 4 aromatic rings. The molecule has 4 rings (SSSR count). The zero-order chi connectivity index (χ0) is 18.6. The average molecular weight is 379 g/mol. The van der Waals surface area contributed by atoms with Crippen LogP contribution in [0.1, 0.15) is 12.0 Å². The first-order valence-electron chi connectivity index (χ1n) is 8.98. The minimum absolute atomic E-state index is 0.751. The van der Waals surface area contributed by atoms with Crippen LogP contribution < -0.4 is 0 Å². The van der Waals surface area contributed by atoms with Crippen LogP contribution in [-0.4, -0.2) is 39.2 Å². The minimum atomic E-state index is 0.751. The van der Waals surface area contributed by atoms with E-state index in [2.05, 4.69) is 63.1 Å². The first-order chi connectivity index (χ1) is 13.3. The van der Waals surface area contributed by atoms with Crippen molar-refractivity contribution >= 4 is 22.7 Å². The first kappa shape index (κ1) is 17.8. The normalized spacial score (nSPS) is 11.3. The molecule has 0 spiro atoms. The average Bonchev–Trinajstić information content (AvgIpc) is 3.29. The molecule has 0 aliphatic carbocycles. The van der Waals surface area contributed by atoms with E-state index in [9.17, 15) is 0 Å². The van der Waals surface area contributed by atoms with Crippen LogP contribution in [0.15, 0.2) is 59.9 Å². The number of nitrogens with zero attached hydrogens (tertiary/aromatic N) is 3. The summed E-state index contributed by atoms with van der Waals surface area (Å²) in [6.07, 6.45) is 2.99. The third kappa shape index (κ3) is 3.63. The third-order valence-electron chi connectivity index (χ3n) is 4.45. The van der Waals surface area contributed by atoms with Crippen LogP contribution in [-0.2, 0) is 4.74 Å². The van der Waals surface area contributed by atoms with E-state index in [1.54, 1.807) is 18.9 Å². The zero-order valence-electron chi connectivity index (χ0n) is 15.5. The summed E-state index contributed by atoms with van der Waals surface area (Å²) < 4.78 is 7.32. The Hall–Kier alpha value is -2.57. The molecule has 27 heavy (non-hydrogen) atoms. The second kappa shape index (κ2) is 7.98. The van der Waals surface area contributed by atoms with Crippen molar-refractivity contribution in [2.75, 3.05) is 19.5 Å². The zero-order valence-corrected chi connectivity index (χ0v) is 16.3. The van der Waals surface area contributed by atoms with Crippen LogP contribution in [0.3, 0.4) is 0 Å². The largest absolute Gasteiger partial charge is 0.385 e. The lowest BCUT2D eigenvalue weighted by atomic mass is 10.1. The van der Waals surface area contributed by atoms with Gasteiger partial charge in [0.15, 0.2) is 11.0 Å². The highest BCUT2D eigenvalue weighted by Gasteiger charge is 2.18. The van der Waals surface area contributed by atoms with Crippen molar-refractivity contribution in [2.45, 2.75) is 18.5 Å². The van der Waals surface area contributed by atoms with Gasteiger partial charge in [0.2, 0.25) is 0 Å². The highest BCUT2D eigenvalue weighted by Crippen LogP contribution is 2.32. The van der Waals surface area contributed by atoms with Gasteiger partial charge in [-0.15, -0.1) is 10.2 Å². The third-order valence-corrected chi connectivity index (χ3v) is 5.46. The fourth-order valence-corrected chi connectivity index (χ4v) is 4.03. The van der Waals surface area contributed by atoms with E-state index in [4.69, 9.17) is 4.74 Å². The van der Waals surface area contributed by atoms with E-state index in [1.165, 1.54) is 5.56 Å². The molecule has 0 saturated carbocycles. The summed E-state index contributed by atoms with van der Waals surface area (Å²) in [5.74, 6) is 1.79. The molecular weight excluding hydrogens is 356 g/mol. The molecule has 0 atom stereocenters. The van der Waals surface area contributed by atoms with Crippen LogP contribution in [0.2, 0.25) is 0 Å². The van der Waals surface area contributed by atoms with E-state index in [0.29, 0.717) is 0 Å². The van der Waals surface area contributed by atoms with Gasteiger partial charge in [-0.1, -0.05) is 42.1 Å². The standard InChI is InChI=1S/C21H22N4OS/c1-15-7-5-8-16(13-15)25-20(23-24-21(25)27-12-6-11-26-2)18-14-22-19-10-4-3-9-17(18)19/h3-5,7-10,13-14,22H,6,11-12H2,1-2H3. The number of aromatic nitrogens is 4. The Morgan fingerprint density at radius 2 is 2.00 bits per heavy atom. The summed E-state index contributed by atoms with van der Waals surface area (Å²) >= 11 is 1.71. The number of ether oxygens (including phenoxy) is 1. The Morgan fingerprint density at radius 3 is 2.85 bits per heavy atom. The maximum absolute atomic E-state index is 5.16. The van der Waals surface area contributed by atoms with Gasteiger partial charge >= 0.3 is 0 Å². The number of aromatic amines is 1. The maximum Gasteiger partial charge on any atom is 0.196 e. The Labute approximate surface area is 162 Å². The number of hydrogen-bond acceptors (Lipinski definition) is 4. The molecule has 2 aromatic heterocycles. The summed E-state index contributed by atoms with van der Waals surface area (Å²) in [5, 5.41) is 11.1. The number of nitrogens with one attached hydrogen (secondary N) is 1. The van der Waals surface area contributed by atoms with Gasteiger partial charge in [0.25, 0.3) is 0 Å². The second-order valence-corrected chi connectivity index (χ2v) is 7.49. The molecule has 0 amide bonds. The molecule has 2 heterocycles. The molecule has 0 aliphatic rings. The number of fused-ring (bicyclic) bond motifs is 1. The van der Waals surface area contributed by atoms with Crippen LogP contribution in [0.5, 0.6) is 0 Å². The number of rotatable bonds is 7. The second-order valence-electron chi connectivity index (χ2n) is 6.42. The van der Waals surface area contributed by atoms with Crippen molar-refractivity contribution in [2.24, 2.45) is 0 Å². The van der Waals surface area contributed by atoms with Crippen molar-refractivity contribution in [1.82, 2.24) is 19.7 Å². The predicted molar refractivity (Wildman–Crippen MR) is 111 cm³/mol. The van der Waals surface area contributed by atoms with E-state index in [-0.39, 0.29) is 0 Å². The summed E-state index contributed by atoms with van der Waals surface area (Å²) in [5.41, 5.74) is 4.44. The van der Waals surface area contributed by atoms with E-state index in [0.717, 1.165) is 51.9 Å². The molecule has 0 unspecified atom stereocenters. The van der Waals surface area contributed by atoms with Gasteiger partial charge in [-0.2, -0.15) is 0 Å². The molecule has 0 aliphatic heterocycles. The summed E-state index contributed by atoms with van der Waals surface area (Å²) in [6, 6.07) is 16.7. The number of H-pyrrole nitrogens is 1. The van der Waals surface area contributed by atoms with Gasteiger partial charge in [0.05, 0.1) is 0 Å². The van der Waals surface area contributed by atoms with Gasteiger partial charge in [-0.3, -0.25) is 4.57 Å². The Balaban J connectivity index is 1.80. The molecule has 1 N–H and O–H groups in total. The molecular formula is C21H22N4OS. The molecule has 0 radical (unpaired) electrons. The Morgan fingerprint density at radius 1 is 1.11 bits per heavy atom. The lowest BCUT2D eigenvalue weighted by molar-refractivity contribution is 0.200. The first-order valence-corrected chi connectivity index (χ1v) is 9.97. The molecule has 0 bridgehead atoms. The minimum Gasteiger partial charge on any atom is -0.385 e. The molecule has 0 fully saturated rings. The van der Waals surface area contributed by atoms with Crippen molar-refractivity contribution in [3.05, 3.63) is 60.3 Å². The summed E-state index contributed by atoms with van der Waals surface area (Å²) in [4.78, 5) is 3.34. The van der Waals surface area contributed by atoms with Crippen LogP contribution >= 0.6 is 11.8 Å². The fraction of sp³-hybridized carbons (Fsp3) is 0.238. The predicted octanol–water partition coefficient (Wildman–Crippen LogP) is 4.85. The quantitative estimate of drug-likeness (QED) is 0.369. The van der Waals surface area contributed by atoms with Crippen molar-refractivity contribution in [3.8, 4) is 17.1 Å². The Bertz CT molecular complexity index is 1050. The van der Waals surface area contributed by atoms with Gasteiger partial charge in [-0.05, 0) is 37.1 Å². The fourth-order valence-electron chi connectivity index (χ4n) is 3.16. The van der Waals surface area contributed by atoms with E-state index < -0.39 is 0 Å². The van der Waals surface area contributed by atoms with E-state index in [1.807, 2.05) is 18.3 Å². The molecule has 2 aromatic carbocycles. The van der Waals surface area contributed by atoms with Crippen molar-refractivity contribution in [3.63, 3.8) is 0 Å². The number of aryl methyl sites for hydroxylation is 1. The molecule has 5 nitrogen and oxygen atoms in total. The van der Waals surface area contributed by atoms with Crippen LogP contribution in [0.4, 0.5) is 0 Å². The monoisotopic (exact) mass is 378 g/mol. The number of hydrogen-bond donors (Lipinski definition) is 1. The molecule has 0 saturated heterocycles. The van der Waals surface area contributed by atoms with Gasteiger partial charge in [0.1, 0.15) is 0 Å². The van der Waals surface area contributed by atoms with Gasteiger partial charge < -0.3 is 9.72 Å². The SMILES string of the molecule is COCCCSc1nnc(-c2c[nH]c3ccccc23)n1-c1cccc(C)c1. The molecule has 6 heteroatoms. The van der Waals surface area contributed by atoms with Gasteiger partial charge in [0, 0.05) is 47.8 Å². The van der Waals surface area contributed by atoms with Crippen molar-refractivity contribution in [1.29, 1.82) is 0 Å². The smallest absolute Gasteiger partial charge is 0.196 e. The van der Waals surface area contributed by atoms with Crippen LogP contribution in [0.25, 0.3) is 28.0 Å². The van der Waals surface area contributed by atoms with Crippen molar-refractivity contribution < 1.29 is 4.74 Å². The maximum atomic E-state index is 5.16. The number of thioether (sulfide) groups is 1. The Kier molecular flexibility index (Phi) is 5.27. The molecule has 138 valence electrons. The lowest BCUT2D eigenvalue weighted by Gasteiger charge is -2.10. The highest BCUT2D eigenvalue weighted by atomic mass is 32.2. The van der Waals surface area contributed by atoms with Crippen LogP contribution in [0, 0.1) is 6.92 Å². The number of para-hydroxylation sites is 1. The number of benzene rings is 2. The van der Waals surface area contributed by atoms with E-state index >= 15 is 0 Å². The topological polar surface area (TPSA) is 55.7 Å².